The average molecular weight is 606 g/mol. The SMILES string of the molecule is CS(=O)(=O)CC(=O)Nc1c2c(nn1-c1ccc(C3CC3)cn1)C[C@]1(CCOc3cc(OCC(F)(F)F)ccc31)NC2=O. The van der Waals surface area contributed by atoms with Crippen molar-refractivity contribution in [2.24, 2.45) is 0 Å². The third kappa shape index (κ3) is 5.65. The van der Waals surface area contributed by atoms with Crippen LogP contribution in [0.3, 0.4) is 0 Å². The molecule has 0 saturated heterocycles. The Morgan fingerprint density at radius 1 is 1.26 bits per heavy atom. The third-order valence-corrected chi connectivity index (χ3v) is 8.14. The minimum atomic E-state index is -4.51. The van der Waals surface area contributed by atoms with Crippen LogP contribution >= 0.6 is 0 Å². The Bertz CT molecular complexity index is 1690. The third-order valence-electron chi connectivity index (χ3n) is 7.35. The van der Waals surface area contributed by atoms with Gasteiger partial charge in [-0.25, -0.2) is 13.4 Å². The molecule has 2 aliphatic heterocycles. The topological polar surface area (TPSA) is 142 Å². The fourth-order valence-electron chi connectivity index (χ4n) is 5.36. The lowest BCUT2D eigenvalue weighted by atomic mass is 9.77. The number of aromatic nitrogens is 3. The average Bonchev–Trinajstić information content (AvgIpc) is 3.69. The molecular weight excluding hydrogens is 579 g/mol. The molecule has 2 amide bonds. The van der Waals surface area contributed by atoms with Crippen LogP contribution in [0.2, 0.25) is 0 Å². The number of sulfone groups is 1. The number of nitrogens with one attached hydrogen (secondary N) is 2. The molecule has 6 rings (SSSR count). The van der Waals surface area contributed by atoms with Crippen LogP contribution in [0.5, 0.6) is 11.5 Å². The number of halogens is 3. The van der Waals surface area contributed by atoms with Crippen LogP contribution in [-0.4, -0.2) is 66.4 Å². The van der Waals surface area contributed by atoms with E-state index in [4.69, 9.17) is 9.47 Å². The predicted molar refractivity (Wildman–Crippen MR) is 143 cm³/mol. The Morgan fingerprint density at radius 3 is 2.71 bits per heavy atom. The summed E-state index contributed by atoms with van der Waals surface area (Å²) in [6.45, 7) is -1.30. The highest BCUT2D eigenvalue weighted by Gasteiger charge is 2.46. The first kappa shape index (κ1) is 28.0. The minimum Gasteiger partial charge on any atom is -0.493 e. The maximum atomic E-state index is 13.7. The lowest BCUT2D eigenvalue weighted by Gasteiger charge is -2.41. The summed E-state index contributed by atoms with van der Waals surface area (Å²) in [6, 6.07) is 7.90. The molecule has 4 heterocycles. The lowest BCUT2D eigenvalue weighted by molar-refractivity contribution is -0.153. The van der Waals surface area contributed by atoms with Crippen molar-refractivity contribution < 1.29 is 40.7 Å². The highest BCUT2D eigenvalue weighted by Crippen LogP contribution is 2.45. The van der Waals surface area contributed by atoms with Crippen LogP contribution in [0.4, 0.5) is 19.0 Å². The predicted octanol–water partition coefficient (Wildman–Crippen LogP) is 3.03. The first-order valence-electron chi connectivity index (χ1n) is 13.2. The summed E-state index contributed by atoms with van der Waals surface area (Å²) in [7, 11) is -3.66. The van der Waals surface area contributed by atoms with E-state index in [1.807, 2.05) is 6.07 Å². The number of amides is 2. The van der Waals surface area contributed by atoms with E-state index >= 15 is 0 Å². The number of carbonyl (C=O) groups excluding carboxylic acids is 2. The summed E-state index contributed by atoms with van der Waals surface area (Å²) in [6.07, 6.45) is 0.785. The number of hydrogen-bond donors (Lipinski definition) is 2. The molecule has 0 bridgehead atoms. The number of ether oxygens (including phenoxy) is 2. The number of pyridine rings is 1. The van der Waals surface area contributed by atoms with Crippen molar-refractivity contribution in [3.05, 3.63) is 58.9 Å². The molecule has 1 spiro atoms. The van der Waals surface area contributed by atoms with Gasteiger partial charge in [-0.05, 0) is 42.5 Å². The molecule has 1 atom stereocenters. The highest BCUT2D eigenvalue weighted by atomic mass is 32.2. The molecule has 15 heteroatoms. The largest absolute Gasteiger partial charge is 0.493 e. The molecule has 222 valence electrons. The zero-order valence-electron chi connectivity index (χ0n) is 22.3. The van der Waals surface area contributed by atoms with Gasteiger partial charge in [-0.15, -0.1) is 0 Å². The van der Waals surface area contributed by atoms with E-state index in [1.165, 1.54) is 16.8 Å². The summed E-state index contributed by atoms with van der Waals surface area (Å²) in [5, 5.41) is 10.2. The van der Waals surface area contributed by atoms with Crippen molar-refractivity contribution in [2.45, 2.75) is 43.3 Å². The number of carbonyl (C=O) groups is 2. The van der Waals surface area contributed by atoms with Crippen LogP contribution < -0.4 is 20.1 Å². The number of fused-ring (bicyclic) bond motifs is 3. The first-order chi connectivity index (χ1) is 19.8. The molecular formula is C27H26F3N5O6S. The van der Waals surface area contributed by atoms with Crippen molar-refractivity contribution in [3.63, 3.8) is 0 Å². The second kappa shape index (κ2) is 10.00. The Morgan fingerprint density at radius 2 is 2.05 bits per heavy atom. The van der Waals surface area contributed by atoms with Gasteiger partial charge in [0.2, 0.25) is 5.91 Å². The van der Waals surface area contributed by atoms with Gasteiger partial charge >= 0.3 is 6.18 Å². The van der Waals surface area contributed by atoms with Crippen molar-refractivity contribution in [2.75, 3.05) is 30.5 Å². The Labute approximate surface area is 238 Å². The van der Waals surface area contributed by atoms with E-state index in [2.05, 4.69) is 20.7 Å². The van der Waals surface area contributed by atoms with E-state index < -0.39 is 45.7 Å². The lowest BCUT2D eigenvalue weighted by Crippen LogP contribution is -2.53. The molecule has 2 aromatic heterocycles. The van der Waals surface area contributed by atoms with Gasteiger partial charge in [0.05, 0.1) is 17.8 Å². The molecule has 3 aliphatic rings. The van der Waals surface area contributed by atoms with E-state index in [0.29, 0.717) is 29.4 Å². The molecule has 1 fully saturated rings. The number of hydrogen-bond acceptors (Lipinski definition) is 8. The number of nitrogens with zero attached hydrogens (tertiary/aromatic N) is 3. The molecule has 1 aliphatic carbocycles. The maximum absolute atomic E-state index is 13.7. The molecule has 0 radical (unpaired) electrons. The van der Waals surface area contributed by atoms with Crippen LogP contribution in [-0.2, 0) is 26.6 Å². The summed E-state index contributed by atoms with van der Waals surface area (Å²) in [5.41, 5.74) is 0.987. The van der Waals surface area contributed by atoms with E-state index in [1.54, 1.807) is 18.3 Å². The Hall–Kier alpha value is -4.14. The Kier molecular flexibility index (Phi) is 6.66. The van der Waals surface area contributed by atoms with E-state index in [9.17, 15) is 31.2 Å². The van der Waals surface area contributed by atoms with Crippen molar-refractivity contribution in [3.8, 4) is 17.3 Å². The van der Waals surface area contributed by atoms with Gasteiger partial charge in [-0.1, -0.05) is 6.07 Å². The molecule has 11 nitrogen and oxygen atoms in total. The molecule has 3 aromatic rings. The number of benzene rings is 1. The fourth-order valence-corrected chi connectivity index (χ4v) is 5.91. The van der Waals surface area contributed by atoms with Gasteiger partial charge in [0.1, 0.15) is 22.8 Å². The highest BCUT2D eigenvalue weighted by molar-refractivity contribution is 7.91. The quantitative estimate of drug-likeness (QED) is 0.419. The van der Waals surface area contributed by atoms with Crippen LogP contribution in [0, 0.1) is 0 Å². The van der Waals surface area contributed by atoms with Gasteiger partial charge in [0, 0.05) is 36.9 Å². The maximum Gasteiger partial charge on any atom is 0.422 e. The monoisotopic (exact) mass is 605 g/mol. The van der Waals surface area contributed by atoms with Crippen LogP contribution in [0.25, 0.3) is 5.82 Å². The van der Waals surface area contributed by atoms with Gasteiger partial charge in [-0.2, -0.15) is 23.0 Å². The summed E-state index contributed by atoms with van der Waals surface area (Å²) in [5.74, 6) is -1.22. The number of alkyl halides is 3. The zero-order chi connectivity index (χ0) is 29.9. The second-order valence-electron chi connectivity index (χ2n) is 10.8. The van der Waals surface area contributed by atoms with E-state index in [-0.39, 0.29) is 35.9 Å². The number of rotatable bonds is 7. The van der Waals surface area contributed by atoms with Gasteiger partial charge < -0.3 is 20.1 Å². The van der Waals surface area contributed by atoms with Crippen LogP contribution in [0.1, 0.15) is 52.4 Å². The smallest absolute Gasteiger partial charge is 0.422 e. The van der Waals surface area contributed by atoms with Crippen molar-refractivity contribution in [1.82, 2.24) is 20.1 Å². The molecule has 2 N–H and O–H groups in total. The van der Waals surface area contributed by atoms with Crippen molar-refractivity contribution in [1.29, 1.82) is 0 Å². The molecule has 0 unspecified atom stereocenters. The standard InChI is InChI=1S/C27H26F3N5O6S/c1-42(38,39)13-22(36)32-24-23-19(34-35(24)21-7-4-16(12-31-21)15-2-3-15)11-26(33-25(23)37)8-9-40-20-10-17(5-6-18(20)26)41-14-27(28,29)30/h4-7,10,12,15H,2-3,8-9,11,13-14H2,1H3,(H,32,36)(H,33,37)/t26-/m0/s1. The molecule has 1 saturated carbocycles. The summed E-state index contributed by atoms with van der Waals surface area (Å²) >= 11 is 0. The van der Waals surface area contributed by atoms with Gasteiger partial charge in [-0.3, -0.25) is 9.59 Å². The zero-order valence-corrected chi connectivity index (χ0v) is 23.1. The van der Waals surface area contributed by atoms with Crippen LogP contribution in [0.15, 0.2) is 36.5 Å². The second-order valence-corrected chi connectivity index (χ2v) is 12.9. The van der Waals surface area contributed by atoms with E-state index in [0.717, 1.165) is 24.7 Å². The minimum absolute atomic E-state index is 0.0131. The van der Waals surface area contributed by atoms with Gasteiger partial charge in [0.25, 0.3) is 5.91 Å². The summed E-state index contributed by atoms with van der Waals surface area (Å²) in [4.78, 5) is 30.9. The Balaban J connectivity index is 1.37. The fraction of sp³-hybridized carbons (Fsp3) is 0.407. The van der Waals surface area contributed by atoms with Crippen molar-refractivity contribution >= 4 is 27.5 Å². The first-order valence-corrected chi connectivity index (χ1v) is 15.2. The number of anilines is 1. The molecule has 42 heavy (non-hydrogen) atoms. The molecule has 1 aromatic carbocycles. The van der Waals surface area contributed by atoms with Gasteiger partial charge in [0.15, 0.2) is 28.1 Å². The normalized spacial score (nSPS) is 19.9. The summed E-state index contributed by atoms with van der Waals surface area (Å²) < 4.78 is 73.4.